The Labute approximate surface area is 123 Å². The first-order chi connectivity index (χ1) is 10.1. The maximum absolute atomic E-state index is 13.6. The van der Waals surface area contributed by atoms with Crippen molar-refractivity contribution >= 4 is 5.91 Å². The molecular formula is C15H21FN2O3. The highest BCUT2D eigenvalue weighted by atomic mass is 19.1. The Morgan fingerprint density at radius 1 is 1.43 bits per heavy atom. The molecular weight excluding hydrogens is 275 g/mol. The lowest BCUT2D eigenvalue weighted by molar-refractivity contribution is -0.136. The van der Waals surface area contributed by atoms with Gasteiger partial charge in [-0.25, -0.2) is 4.39 Å². The maximum atomic E-state index is 13.6. The second-order valence-electron chi connectivity index (χ2n) is 5.23. The molecule has 1 heterocycles. The average molecular weight is 296 g/mol. The minimum absolute atomic E-state index is 0.00142. The summed E-state index contributed by atoms with van der Waals surface area (Å²) in [7, 11) is 1.74. The van der Waals surface area contributed by atoms with Crippen LogP contribution in [0.2, 0.25) is 0 Å². The number of hydrogen-bond donors (Lipinski definition) is 1. The van der Waals surface area contributed by atoms with Gasteiger partial charge in [-0.15, -0.1) is 0 Å². The lowest BCUT2D eigenvalue weighted by Gasteiger charge is -2.29. The van der Waals surface area contributed by atoms with Gasteiger partial charge in [-0.1, -0.05) is 18.2 Å². The number of ether oxygens (including phenoxy) is 1. The highest BCUT2D eigenvalue weighted by Gasteiger charge is 2.20. The predicted molar refractivity (Wildman–Crippen MR) is 76.3 cm³/mol. The quantitative estimate of drug-likeness (QED) is 0.867. The zero-order valence-corrected chi connectivity index (χ0v) is 12.2. The topological polar surface area (TPSA) is 53.0 Å². The van der Waals surface area contributed by atoms with Gasteiger partial charge in [0, 0.05) is 25.2 Å². The van der Waals surface area contributed by atoms with Crippen LogP contribution in [0.25, 0.3) is 0 Å². The fourth-order valence-corrected chi connectivity index (χ4v) is 2.35. The number of likely N-dealkylation sites (N-methyl/N-ethyl adjacent to an activating group) is 1. The highest BCUT2D eigenvalue weighted by molar-refractivity contribution is 5.78. The van der Waals surface area contributed by atoms with Crippen LogP contribution < -0.4 is 0 Å². The van der Waals surface area contributed by atoms with Crippen molar-refractivity contribution in [2.45, 2.75) is 6.10 Å². The SMILES string of the molecule is CN(CC(=O)N1CCOCC1)CC(O)c1ccccc1F. The van der Waals surface area contributed by atoms with Crippen LogP contribution in [-0.2, 0) is 9.53 Å². The minimum Gasteiger partial charge on any atom is -0.387 e. The third-order valence-corrected chi connectivity index (χ3v) is 3.52. The summed E-state index contributed by atoms with van der Waals surface area (Å²) < 4.78 is 18.8. The van der Waals surface area contributed by atoms with Gasteiger partial charge < -0.3 is 14.7 Å². The monoisotopic (exact) mass is 296 g/mol. The Bertz CT molecular complexity index is 478. The summed E-state index contributed by atoms with van der Waals surface area (Å²) in [5.41, 5.74) is 0.253. The number of rotatable bonds is 5. The van der Waals surface area contributed by atoms with Crippen LogP contribution in [0.15, 0.2) is 24.3 Å². The van der Waals surface area contributed by atoms with Gasteiger partial charge in [0.05, 0.1) is 25.9 Å². The molecule has 0 spiro atoms. The number of halogens is 1. The number of hydrogen-bond acceptors (Lipinski definition) is 4. The third kappa shape index (κ3) is 4.49. The van der Waals surface area contributed by atoms with E-state index in [9.17, 15) is 14.3 Å². The van der Waals surface area contributed by atoms with Gasteiger partial charge in [-0.2, -0.15) is 0 Å². The van der Waals surface area contributed by atoms with E-state index in [0.717, 1.165) is 0 Å². The maximum Gasteiger partial charge on any atom is 0.236 e. The summed E-state index contributed by atoms with van der Waals surface area (Å²) >= 11 is 0. The van der Waals surface area contributed by atoms with Gasteiger partial charge in [-0.3, -0.25) is 9.69 Å². The van der Waals surface area contributed by atoms with Gasteiger partial charge in [0.1, 0.15) is 5.82 Å². The first-order valence-corrected chi connectivity index (χ1v) is 7.04. The van der Waals surface area contributed by atoms with E-state index in [-0.39, 0.29) is 24.6 Å². The number of nitrogens with zero attached hydrogens (tertiary/aromatic N) is 2. The molecule has 0 aliphatic carbocycles. The third-order valence-electron chi connectivity index (χ3n) is 3.52. The van der Waals surface area contributed by atoms with Gasteiger partial charge in [0.25, 0.3) is 0 Å². The van der Waals surface area contributed by atoms with E-state index >= 15 is 0 Å². The highest BCUT2D eigenvalue weighted by Crippen LogP contribution is 2.17. The number of carbonyl (C=O) groups is 1. The first-order valence-electron chi connectivity index (χ1n) is 7.04. The van der Waals surface area contributed by atoms with Crippen LogP contribution in [0.4, 0.5) is 4.39 Å². The molecule has 0 saturated carbocycles. The predicted octanol–water partition coefficient (Wildman–Crippen LogP) is 0.650. The minimum atomic E-state index is -0.950. The zero-order chi connectivity index (χ0) is 15.2. The van der Waals surface area contributed by atoms with E-state index in [4.69, 9.17) is 4.74 Å². The van der Waals surface area contributed by atoms with E-state index in [1.54, 1.807) is 35.0 Å². The molecule has 1 aliphatic heterocycles. The number of aliphatic hydroxyl groups is 1. The van der Waals surface area contributed by atoms with E-state index in [1.165, 1.54) is 6.07 Å². The lowest BCUT2D eigenvalue weighted by atomic mass is 10.1. The molecule has 1 aromatic rings. The number of carbonyl (C=O) groups excluding carboxylic acids is 1. The Morgan fingerprint density at radius 3 is 2.76 bits per heavy atom. The number of amides is 1. The molecule has 1 aromatic carbocycles. The summed E-state index contributed by atoms with van der Waals surface area (Å²) in [6, 6.07) is 6.13. The van der Waals surface area contributed by atoms with Crippen LogP contribution in [0.5, 0.6) is 0 Å². The number of benzene rings is 1. The standard InChI is InChI=1S/C15H21FN2O3/c1-17(11-15(20)18-6-8-21-9-7-18)10-14(19)12-4-2-3-5-13(12)16/h2-5,14,19H,6-11H2,1H3. The van der Waals surface area contributed by atoms with Gasteiger partial charge in [0.2, 0.25) is 5.91 Å². The van der Waals surface area contributed by atoms with Gasteiger partial charge in [0.15, 0.2) is 0 Å². The summed E-state index contributed by atoms with van der Waals surface area (Å²) in [4.78, 5) is 15.5. The molecule has 1 N–H and O–H groups in total. The molecule has 1 aliphatic rings. The summed E-state index contributed by atoms with van der Waals surface area (Å²) in [6.45, 7) is 2.73. The van der Waals surface area contributed by atoms with E-state index < -0.39 is 11.9 Å². The molecule has 0 bridgehead atoms. The van der Waals surface area contributed by atoms with Crippen LogP contribution in [0.1, 0.15) is 11.7 Å². The fourth-order valence-electron chi connectivity index (χ4n) is 2.35. The molecule has 21 heavy (non-hydrogen) atoms. The molecule has 6 heteroatoms. The van der Waals surface area contributed by atoms with Crippen molar-refractivity contribution in [3.63, 3.8) is 0 Å². The van der Waals surface area contributed by atoms with Crippen molar-refractivity contribution in [1.82, 2.24) is 9.80 Å². The summed E-state index contributed by atoms with van der Waals surface area (Å²) in [6.07, 6.45) is -0.950. The van der Waals surface area contributed by atoms with Crippen molar-refractivity contribution in [3.05, 3.63) is 35.6 Å². The van der Waals surface area contributed by atoms with Crippen molar-refractivity contribution in [2.75, 3.05) is 46.4 Å². The van der Waals surface area contributed by atoms with Crippen molar-refractivity contribution in [1.29, 1.82) is 0 Å². The van der Waals surface area contributed by atoms with Crippen LogP contribution in [0.3, 0.4) is 0 Å². The van der Waals surface area contributed by atoms with E-state index in [1.807, 2.05) is 0 Å². The first kappa shape index (κ1) is 15.9. The second-order valence-corrected chi connectivity index (χ2v) is 5.23. The van der Waals surface area contributed by atoms with Crippen LogP contribution in [0, 0.1) is 5.82 Å². The Balaban J connectivity index is 1.85. The molecule has 1 amide bonds. The molecule has 0 radical (unpaired) electrons. The fraction of sp³-hybridized carbons (Fsp3) is 0.533. The van der Waals surface area contributed by atoms with Crippen molar-refractivity contribution < 1.29 is 19.0 Å². The van der Waals surface area contributed by atoms with Gasteiger partial charge in [-0.05, 0) is 13.1 Å². The normalized spacial score (nSPS) is 17.0. The molecule has 2 rings (SSSR count). The van der Waals surface area contributed by atoms with Crippen LogP contribution >= 0.6 is 0 Å². The van der Waals surface area contributed by atoms with Crippen LogP contribution in [-0.4, -0.2) is 67.3 Å². The second kappa shape index (κ2) is 7.49. The molecule has 5 nitrogen and oxygen atoms in total. The number of aliphatic hydroxyl groups excluding tert-OH is 1. The Hall–Kier alpha value is -1.50. The molecule has 0 aromatic heterocycles. The van der Waals surface area contributed by atoms with E-state index in [2.05, 4.69) is 0 Å². The van der Waals surface area contributed by atoms with Crippen molar-refractivity contribution in [2.24, 2.45) is 0 Å². The Kier molecular flexibility index (Phi) is 5.67. The molecule has 1 saturated heterocycles. The lowest BCUT2D eigenvalue weighted by Crippen LogP contribution is -2.45. The zero-order valence-electron chi connectivity index (χ0n) is 12.2. The summed E-state index contributed by atoms with van der Waals surface area (Å²) in [5.74, 6) is -0.431. The smallest absolute Gasteiger partial charge is 0.236 e. The van der Waals surface area contributed by atoms with Gasteiger partial charge >= 0.3 is 0 Å². The molecule has 1 atom stereocenters. The molecule has 116 valence electrons. The summed E-state index contributed by atoms with van der Waals surface area (Å²) in [5, 5.41) is 10.1. The Morgan fingerprint density at radius 2 is 2.10 bits per heavy atom. The number of morpholine rings is 1. The molecule has 1 fully saturated rings. The van der Waals surface area contributed by atoms with Crippen molar-refractivity contribution in [3.8, 4) is 0 Å². The largest absolute Gasteiger partial charge is 0.387 e. The average Bonchev–Trinajstić information content (AvgIpc) is 2.48. The molecule has 1 unspecified atom stereocenters. The van der Waals surface area contributed by atoms with E-state index in [0.29, 0.717) is 26.3 Å².